The molecule has 1 aliphatic heterocycles. The van der Waals surface area contributed by atoms with Gasteiger partial charge in [-0.2, -0.15) is 0 Å². The Morgan fingerprint density at radius 2 is 2.40 bits per heavy atom. The molecular formula is C9H13N. The summed E-state index contributed by atoms with van der Waals surface area (Å²) >= 11 is 0. The second-order valence-corrected chi connectivity index (χ2v) is 3.10. The predicted octanol–water partition coefficient (Wildman–Crippen LogP) is 2.33. The number of allylic oxidation sites excluding steroid dienone is 1. The van der Waals surface area contributed by atoms with E-state index in [4.69, 9.17) is 0 Å². The van der Waals surface area contributed by atoms with Crippen LogP contribution in [0.2, 0.25) is 0 Å². The van der Waals surface area contributed by atoms with E-state index in [-0.39, 0.29) is 0 Å². The average molecular weight is 135 g/mol. The van der Waals surface area contributed by atoms with Crippen molar-refractivity contribution in [3.63, 3.8) is 0 Å². The molecule has 0 N–H and O–H groups in total. The highest BCUT2D eigenvalue weighted by atomic mass is 14.8. The van der Waals surface area contributed by atoms with Crippen LogP contribution in [0, 0.1) is 0 Å². The van der Waals surface area contributed by atoms with Gasteiger partial charge < -0.3 is 0 Å². The molecule has 1 aliphatic carbocycles. The molecule has 1 atom stereocenters. The normalized spacial score (nSPS) is 31.2. The van der Waals surface area contributed by atoms with E-state index in [1.807, 2.05) is 0 Å². The summed E-state index contributed by atoms with van der Waals surface area (Å²) in [6.45, 7) is 0. The Morgan fingerprint density at radius 1 is 1.40 bits per heavy atom. The van der Waals surface area contributed by atoms with Crippen LogP contribution < -0.4 is 0 Å². The van der Waals surface area contributed by atoms with Crippen LogP contribution >= 0.6 is 0 Å². The van der Waals surface area contributed by atoms with Crippen molar-refractivity contribution in [1.29, 1.82) is 0 Å². The van der Waals surface area contributed by atoms with Crippen molar-refractivity contribution in [1.82, 2.24) is 0 Å². The maximum absolute atomic E-state index is 4.46. The van der Waals surface area contributed by atoms with E-state index in [2.05, 4.69) is 17.3 Å². The number of hydrogen-bond acceptors (Lipinski definition) is 1. The van der Waals surface area contributed by atoms with Gasteiger partial charge in [-0.25, -0.2) is 0 Å². The molecular weight excluding hydrogens is 122 g/mol. The first-order valence-corrected chi connectivity index (χ1v) is 4.17. The third-order valence-corrected chi connectivity index (χ3v) is 2.36. The van der Waals surface area contributed by atoms with E-state index in [1.165, 1.54) is 32.1 Å². The predicted molar refractivity (Wildman–Crippen MR) is 43.4 cm³/mol. The summed E-state index contributed by atoms with van der Waals surface area (Å²) < 4.78 is 0. The lowest BCUT2D eigenvalue weighted by molar-refractivity contribution is 0.587. The van der Waals surface area contributed by atoms with Crippen LogP contribution in [0.3, 0.4) is 0 Å². The molecule has 0 amide bonds. The average Bonchev–Trinajstić information content (AvgIpc) is 2.05. The molecule has 10 heavy (non-hydrogen) atoms. The van der Waals surface area contributed by atoms with Crippen LogP contribution in [0.4, 0.5) is 0 Å². The van der Waals surface area contributed by atoms with Gasteiger partial charge in [-0.15, -0.1) is 0 Å². The van der Waals surface area contributed by atoms with Crippen LogP contribution in [0.1, 0.15) is 32.1 Å². The van der Waals surface area contributed by atoms with Crippen molar-refractivity contribution >= 4 is 6.21 Å². The molecule has 2 rings (SSSR count). The van der Waals surface area contributed by atoms with Gasteiger partial charge in [-0.1, -0.05) is 6.08 Å². The minimum atomic E-state index is 0.586. The quantitative estimate of drug-likeness (QED) is 0.452. The molecule has 1 unspecified atom stereocenters. The number of rotatable bonds is 0. The van der Waals surface area contributed by atoms with Gasteiger partial charge in [0.1, 0.15) is 0 Å². The topological polar surface area (TPSA) is 12.4 Å². The summed E-state index contributed by atoms with van der Waals surface area (Å²) in [5.74, 6) is 0. The van der Waals surface area contributed by atoms with Crippen molar-refractivity contribution in [2.24, 2.45) is 4.99 Å². The molecule has 0 radical (unpaired) electrons. The van der Waals surface area contributed by atoms with Crippen LogP contribution in [0.25, 0.3) is 0 Å². The van der Waals surface area contributed by atoms with E-state index in [0.29, 0.717) is 6.04 Å². The van der Waals surface area contributed by atoms with Crippen molar-refractivity contribution in [3.05, 3.63) is 11.6 Å². The fourth-order valence-electron chi connectivity index (χ4n) is 1.79. The Hall–Kier alpha value is -0.590. The summed E-state index contributed by atoms with van der Waals surface area (Å²) in [4.78, 5) is 4.46. The van der Waals surface area contributed by atoms with Gasteiger partial charge in [0.25, 0.3) is 0 Å². The Kier molecular flexibility index (Phi) is 1.58. The maximum atomic E-state index is 4.46. The van der Waals surface area contributed by atoms with E-state index in [9.17, 15) is 0 Å². The van der Waals surface area contributed by atoms with E-state index in [1.54, 1.807) is 5.57 Å². The molecule has 1 heterocycles. The van der Waals surface area contributed by atoms with Gasteiger partial charge in [0.15, 0.2) is 0 Å². The van der Waals surface area contributed by atoms with Crippen molar-refractivity contribution in [2.45, 2.75) is 38.1 Å². The molecule has 0 aromatic rings. The van der Waals surface area contributed by atoms with E-state index in [0.717, 1.165) is 0 Å². The number of aliphatic imine (C=N–C) groups is 1. The smallest absolute Gasteiger partial charge is 0.0705 e. The summed E-state index contributed by atoms with van der Waals surface area (Å²) in [5, 5.41) is 0. The molecule has 0 aromatic carbocycles. The highest BCUT2D eigenvalue weighted by Crippen LogP contribution is 2.26. The summed E-state index contributed by atoms with van der Waals surface area (Å²) in [5.41, 5.74) is 1.61. The number of fused-ring (bicyclic) bond motifs is 1. The number of hydrogen-bond donors (Lipinski definition) is 0. The van der Waals surface area contributed by atoms with Crippen molar-refractivity contribution in [3.8, 4) is 0 Å². The Labute approximate surface area is 61.9 Å². The molecule has 54 valence electrons. The molecule has 0 spiro atoms. The highest BCUT2D eigenvalue weighted by molar-refractivity contribution is 5.60. The lowest BCUT2D eigenvalue weighted by Crippen LogP contribution is -2.15. The molecule has 2 aliphatic rings. The van der Waals surface area contributed by atoms with E-state index < -0.39 is 0 Å². The first-order valence-electron chi connectivity index (χ1n) is 4.17. The first kappa shape index (κ1) is 6.14. The van der Waals surface area contributed by atoms with E-state index >= 15 is 0 Å². The molecule has 0 bridgehead atoms. The van der Waals surface area contributed by atoms with Gasteiger partial charge in [0.05, 0.1) is 6.04 Å². The van der Waals surface area contributed by atoms with Crippen molar-refractivity contribution < 1.29 is 0 Å². The van der Waals surface area contributed by atoms with Gasteiger partial charge in [-0.05, 0) is 43.9 Å². The van der Waals surface area contributed by atoms with Gasteiger partial charge in [-0.3, -0.25) is 4.99 Å². The van der Waals surface area contributed by atoms with Crippen LogP contribution in [-0.2, 0) is 0 Å². The lowest BCUT2D eigenvalue weighted by Gasteiger charge is -2.23. The fraction of sp³-hybridized carbons (Fsp3) is 0.667. The minimum absolute atomic E-state index is 0.586. The zero-order valence-electron chi connectivity index (χ0n) is 6.21. The van der Waals surface area contributed by atoms with Gasteiger partial charge in [0, 0.05) is 0 Å². The van der Waals surface area contributed by atoms with Crippen LogP contribution in [0.5, 0.6) is 0 Å². The minimum Gasteiger partial charge on any atom is -0.290 e. The highest BCUT2D eigenvalue weighted by Gasteiger charge is 2.17. The standard InChI is InChI=1S/C9H13N/c1-2-6-9-8(4-1)5-3-7-10-9/h4,7,9H,1-3,5-6H2. The monoisotopic (exact) mass is 135 g/mol. The van der Waals surface area contributed by atoms with Gasteiger partial charge >= 0.3 is 0 Å². The zero-order valence-corrected chi connectivity index (χ0v) is 6.21. The SMILES string of the molecule is C1=NC2CCCC=C2CC1. The largest absolute Gasteiger partial charge is 0.290 e. The Morgan fingerprint density at radius 3 is 3.30 bits per heavy atom. The summed E-state index contributed by atoms with van der Waals surface area (Å²) in [7, 11) is 0. The third-order valence-electron chi connectivity index (χ3n) is 2.36. The fourth-order valence-corrected chi connectivity index (χ4v) is 1.79. The molecule has 1 heteroatoms. The zero-order chi connectivity index (χ0) is 6.81. The second-order valence-electron chi connectivity index (χ2n) is 3.10. The molecule has 0 saturated carbocycles. The third kappa shape index (κ3) is 1.00. The maximum Gasteiger partial charge on any atom is 0.0705 e. The number of nitrogens with zero attached hydrogens (tertiary/aromatic N) is 1. The molecule has 0 saturated heterocycles. The van der Waals surface area contributed by atoms with Crippen LogP contribution in [0.15, 0.2) is 16.6 Å². The Balaban J connectivity index is 2.20. The Bertz CT molecular complexity index is 179. The molecule has 1 nitrogen and oxygen atoms in total. The first-order chi connectivity index (χ1) is 4.97. The second kappa shape index (κ2) is 2.57. The van der Waals surface area contributed by atoms with Crippen LogP contribution in [-0.4, -0.2) is 12.3 Å². The molecule has 0 aromatic heterocycles. The van der Waals surface area contributed by atoms with Gasteiger partial charge in [0.2, 0.25) is 0 Å². The molecule has 0 fully saturated rings. The summed E-state index contributed by atoms with van der Waals surface area (Å²) in [6, 6.07) is 0.586. The lowest BCUT2D eigenvalue weighted by atomic mass is 9.90. The summed E-state index contributed by atoms with van der Waals surface area (Å²) in [6.07, 6.45) is 10.9. The van der Waals surface area contributed by atoms with Crippen molar-refractivity contribution in [2.75, 3.05) is 0 Å².